The van der Waals surface area contributed by atoms with Crippen molar-refractivity contribution in [3.63, 3.8) is 0 Å². The Morgan fingerprint density at radius 1 is 1.03 bits per heavy atom. The lowest BCUT2D eigenvalue weighted by molar-refractivity contribution is -0.159. The lowest BCUT2D eigenvalue weighted by Crippen LogP contribution is -2.63. The smallest absolute Gasteiger partial charge is 0.272 e. The summed E-state index contributed by atoms with van der Waals surface area (Å²) in [5.41, 5.74) is 2.43. The van der Waals surface area contributed by atoms with Gasteiger partial charge in [0.05, 0.1) is 25.7 Å². The molecule has 38 heavy (non-hydrogen) atoms. The molecule has 2 aromatic carbocycles. The summed E-state index contributed by atoms with van der Waals surface area (Å²) in [5, 5.41) is 7.06. The van der Waals surface area contributed by atoms with Gasteiger partial charge in [-0.25, -0.2) is 4.39 Å². The molecule has 2 aromatic rings. The third kappa shape index (κ3) is 5.01. The highest BCUT2D eigenvalue weighted by Crippen LogP contribution is 2.35. The molecule has 2 fully saturated rings. The summed E-state index contributed by atoms with van der Waals surface area (Å²) in [6.07, 6.45) is -1.17. The average molecular weight is 521 g/mol. The minimum atomic E-state index is -1.32. The van der Waals surface area contributed by atoms with Gasteiger partial charge in [-0.15, -0.1) is 0 Å². The van der Waals surface area contributed by atoms with Gasteiger partial charge in [-0.2, -0.15) is 0 Å². The van der Waals surface area contributed by atoms with Crippen LogP contribution in [0.2, 0.25) is 0 Å². The van der Waals surface area contributed by atoms with Crippen LogP contribution in [0, 0.1) is 0 Å². The SMILES string of the molecule is CC(=O)N1CC2(CC(C(=O)N3C[C@H](F)CC3C(=O)N[C@@H](c3ccccc3)c3ccc(C(C)C)cc3)=NO2)C1. The highest BCUT2D eigenvalue weighted by atomic mass is 19.1. The molecule has 3 amide bonds. The Bertz CT molecular complexity index is 1240. The van der Waals surface area contributed by atoms with Gasteiger partial charge in [-0.1, -0.05) is 73.6 Å². The molecule has 0 radical (unpaired) electrons. The molecular formula is C29H33FN4O4. The van der Waals surface area contributed by atoms with E-state index in [1.807, 2.05) is 54.6 Å². The second kappa shape index (κ2) is 10.2. The van der Waals surface area contributed by atoms with Gasteiger partial charge in [-0.3, -0.25) is 14.4 Å². The summed E-state index contributed by atoms with van der Waals surface area (Å²) in [4.78, 5) is 46.9. The third-order valence-corrected chi connectivity index (χ3v) is 7.66. The quantitative estimate of drug-likeness (QED) is 0.633. The molecule has 3 aliphatic rings. The van der Waals surface area contributed by atoms with Gasteiger partial charge in [0.15, 0.2) is 5.60 Å². The van der Waals surface area contributed by atoms with Crippen molar-refractivity contribution in [3.05, 3.63) is 71.3 Å². The van der Waals surface area contributed by atoms with Crippen molar-refractivity contribution in [3.8, 4) is 0 Å². The molecule has 0 bridgehead atoms. The minimum Gasteiger partial charge on any atom is -0.385 e. The van der Waals surface area contributed by atoms with Crippen molar-refractivity contribution in [2.24, 2.45) is 5.16 Å². The number of likely N-dealkylation sites (tertiary alicyclic amines) is 2. The molecule has 1 N–H and O–H groups in total. The number of alkyl halides is 1. The Kier molecular flexibility index (Phi) is 6.94. The van der Waals surface area contributed by atoms with Gasteiger partial charge in [0, 0.05) is 19.8 Å². The molecule has 3 aliphatic heterocycles. The number of nitrogens with one attached hydrogen (secondary N) is 1. The van der Waals surface area contributed by atoms with Crippen molar-refractivity contribution in [2.75, 3.05) is 19.6 Å². The Morgan fingerprint density at radius 3 is 2.29 bits per heavy atom. The van der Waals surface area contributed by atoms with Gasteiger partial charge < -0.3 is 20.0 Å². The van der Waals surface area contributed by atoms with Gasteiger partial charge in [0.1, 0.15) is 17.9 Å². The number of hydrogen-bond donors (Lipinski definition) is 1. The van der Waals surface area contributed by atoms with E-state index < -0.39 is 35.7 Å². The van der Waals surface area contributed by atoms with E-state index in [1.165, 1.54) is 17.4 Å². The summed E-state index contributed by atoms with van der Waals surface area (Å²) in [6, 6.07) is 16.3. The van der Waals surface area contributed by atoms with E-state index in [0.717, 1.165) is 11.1 Å². The summed E-state index contributed by atoms with van der Waals surface area (Å²) in [5.74, 6) is -0.607. The third-order valence-electron chi connectivity index (χ3n) is 7.66. The van der Waals surface area contributed by atoms with E-state index >= 15 is 0 Å². The molecule has 5 rings (SSSR count). The van der Waals surface area contributed by atoms with E-state index in [0.29, 0.717) is 19.0 Å². The number of hydrogen-bond acceptors (Lipinski definition) is 5. The lowest BCUT2D eigenvalue weighted by Gasteiger charge is -2.44. The number of benzene rings is 2. The van der Waals surface area contributed by atoms with Gasteiger partial charge in [0.2, 0.25) is 11.8 Å². The molecular weight excluding hydrogens is 487 g/mol. The molecule has 1 spiro atoms. The van der Waals surface area contributed by atoms with Crippen LogP contribution in [0.1, 0.15) is 62.3 Å². The highest BCUT2D eigenvalue weighted by Gasteiger charge is 2.53. The number of amides is 3. The molecule has 0 aromatic heterocycles. The first kappa shape index (κ1) is 25.9. The van der Waals surface area contributed by atoms with Crippen molar-refractivity contribution in [1.29, 1.82) is 0 Å². The van der Waals surface area contributed by atoms with Crippen LogP contribution in [-0.4, -0.2) is 70.7 Å². The van der Waals surface area contributed by atoms with Gasteiger partial charge in [-0.05, 0) is 22.6 Å². The Hall–Kier alpha value is -3.75. The summed E-state index contributed by atoms with van der Waals surface area (Å²) >= 11 is 0. The van der Waals surface area contributed by atoms with Crippen LogP contribution in [0.5, 0.6) is 0 Å². The van der Waals surface area contributed by atoms with Crippen LogP contribution in [0.25, 0.3) is 0 Å². The summed E-state index contributed by atoms with van der Waals surface area (Å²) < 4.78 is 14.6. The zero-order valence-electron chi connectivity index (χ0n) is 21.9. The van der Waals surface area contributed by atoms with Crippen molar-refractivity contribution >= 4 is 23.4 Å². The van der Waals surface area contributed by atoms with Crippen molar-refractivity contribution < 1.29 is 23.6 Å². The monoisotopic (exact) mass is 520 g/mol. The fourth-order valence-corrected chi connectivity index (χ4v) is 5.42. The second-order valence-electron chi connectivity index (χ2n) is 10.8. The van der Waals surface area contributed by atoms with Crippen LogP contribution < -0.4 is 5.32 Å². The fourth-order valence-electron chi connectivity index (χ4n) is 5.42. The molecule has 0 aliphatic carbocycles. The Balaban J connectivity index is 1.32. The highest BCUT2D eigenvalue weighted by molar-refractivity contribution is 6.39. The van der Waals surface area contributed by atoms with Crippen LogP contribution in [0.15, 0.2) is 59.8 Å². The molecule has 3 heterocycles. The standard InChI is InChI=1S/C29H33FN4O4/c1-18(2)20-9-11-22(12-10-20)26(21-7-5-4-6-8-21)31-27(36)25-13-23(30)15-34(25)28(37)24-14-29(38-32-24)16-33(17-29)19(3)35/h4-12,18,23,25-26H,13-17H2,1-3H3,(H,31,36)/t23-,25?,26+/m1/s1. The number of oxime groups is 1. The zero-order valence-corrected chi connectivity index (χ0v) is 21.9. The van der Waals surface area contributed by atoms with E-state index in [-0.39, 0.29) is 31.0 Å². The van der Waals surface area contributed by atoms with Crippen molar-refractivity contribution in [2.45, 2.75) is 63.4 Å². The van der Waals surface area contributed by atoms with Crippen LogP contribution in [0.4, 0.5) is 4.39 Å². The number of rotatable bonds is 6. The van der Waals surface area contributed by atoms with Crippen molar-refractivity contribution in [1.82, 2.24) is 15.1 Å². The molecule has 1 unspecified atom stereocenters. The molecule has 8 nitrogen and oxygen atoms in total. The molecule has 3 atom stereocenters. The number of carbonyl (C=O) groups excluding carboxylic acids is 3. The fraction of sp³-hybridized carbons (Fsp3) is 0.448. The Morgan fingerprint density at radius 2 is 1.66 bits per heavy atom. The average Bonchev–Trinajstić information content (AvgIpc) is 3.51. The predicted octanol–water partition coefficient (Wildman–Crippen LogP) is 3.33. The Labute approximate surface area is 221 Å². The molecule has 200 valence electrons. The largest absolute Gasteiger partial charge is 0.385 e. The number of halogens is 1. The maximum atomic E-state index is 14.6. The van der Waals surface area contributed by atoms with E-state index in [4.69, 9.17) is 4.84 Å². The van der Waals surface area contributed by atoms with Gasteiger partial charge >= 0.3 is 0 Å². The lowest BCUT2D eigenvalue weighted by atomic mass is 9.88. The van der Waals surface area contributed by atoms with E-state index in [2.05, 4.69) is 24.3 Å². The van der Waals surface area contributed by atoms with Gasteiger partial charge in [0.25, 0.3) is 5.91 Å². The normalized spacial score (nSPS) is 22.6. The maximum Gasteiger partial charge on any atom is 0.272 e. The van der Waals surface area contributed by atoms with Crippen LogP contribution >= 0.6 is 0 Å². The van der Waals surface area contributed by atoms with Crippen LogP contribution in [-0.2, 0) is 19.2 Å². The summed E-state index contributed by atoms with van der Waals surface area (Å²) in [7, 11) is 0. The van der Waals surface area contributed by atoms with E-state index in [9.17, 15) is 18.8 Å². The zero-order chi connectivity index (χ0) is 27.0. The second-order valence-corrected chi connectivity index (χ2v) is 10.8. The summed E-state index contributed by atoms with van der Waals surface area (Å²) in [6.45, 7) is 6.25. The predicted molar refractivity (Wildman–Crippen MR) is 140 cm³/mol. The first-order valence-corrected chi connectivity index (χ1v) is 13.1. The molecule has 0 saturated carbocycles. The topological polar surface area (TPSA) is 91.3 Å². The first-order valence-electron chi connectivity index (χ1n) is 13.1. The first-order chi connectivity index (χ1) is 18.2. The molecule has 2 saturated heterocycles. The number of nitrogens with zero attached hydrogens (tertiary/aromatic N) is 3. The van der Waals surface area contributed by atoms with E-state index in [1.54, 1.807) is 4.90 Å². The number of carbonyl (C=O) groups is 3. The maximum absolute atomic E-state index is 14.6. The minimum absolute atomic E-state index is 0.0673. The van der Waals surface area contributed by atoms with Crippen LogP contribution in [0.3, 0.4) is 0 Å². The molecule has 9 heteroatoms.